The van der Waals surface area contributed by atoms with Gasteiger partial charge in [0, 0.05) is 10.6 Å². The highest BCUT2D eigenvalue weighted by Crippen LogP contribution is 2.24. The first-order valence-corrected chi connectivity index (χ1v) is 7.61. The van der Waals surface area contributed by atoms with Crippen molar-refractivity contribution in [2.45, 2.75) is 24.3 Å². The fourth-order valence-electron chi connectivity index (χ4n) is 2.03. The summed E-state index contributed by atoms with van der Waals surface area (Å²) < 4.78 is 13.3. The molecule has 2 rings (SSSR count). The van der Waals surface area contributed by atoms with E-state index in [1.165, 1.54) is 11.0 Å². The van der Waals surface area contributed by atoms with Crippen LogP contribution in [0.5, 0.6) is 0 Å². The molecule has 0 aromatic heterocycles. The molecule has 0 aliphatic carbocycles. The lowest BCUT2D eigenvalue weighted by atomic mass is 10.0. The number of halogens is 1. The molecule has 1 unspecified atom stereocenters. The van der Waals surface area contributed by atoms with Crippen molar-refractivity contribution in [1.29, 1.82) is 0 Å². The summed E-state index contributed by atoms with van der Waals surface area (Å²) in [4.78, 5) is 1.24. The topological polar surface area (TPSA) is 12.0 Å². The Hall–Kier alpha value is -1.48. The van der Waals surface area contributed by atoms with E-state index in [0.717, 1.165) is 17.7 Å². The van der Waals surface area contributed by atoms with Gasteiger partial charge in [0.15, 0.2) is 0 Å². The summed E-state index contributed by atoms with van der Waals surface area (Å²) in [6, 6.07) is 15.2. The number of hydrogen-bond donors (Lipinski definition) is 1. The van der Waals surface area contributed by atoms with Gasteiger partial charge in [0.2, 0.25) is 0 Å². The zero-order chi connectivity index (χ0) is 13.7. The van der Waals surface area contributed by atoms with Gasteiger partial charge in [-0.3, -0.25) is 0 Å². The van der Waals surface area contributed by atoms with Crippen LogP contribution in [0.4, 0.5) is 10.1 Å². The summed E-state index contributed by atoms with van der Waals surface area (Å²) >= 11 is 1.72. The highest BCUT2D eigenvalue weighted by Gasteiger charge is 2.09. The highest BCUT2D eigenvalue weighted by atomic mass is 32.2. The predicted molar refractivity (Wildman–Crippen MR) is 81.3 cm³/mol. The van der Waals surface area contributed by atoms with E-state index in [1.807, 2.05) is 6.07 Å². The second-order valence-electron chi connectivity index (χ2n) is 4.39. The summed E-state index contributed by atoms with van der Waals surface area (Å²) in [6.07, 6.45) is 2.97. The van der Waals surface area contributed by atoms with Gasteiger partial charge in [-0.15, -0.1) is 11.8 Å². The molecule has 0 saturated carbocycles. The monoisotopic (exact) mass is 275 g/mol. The van der Waals surface area contributed by atoms with Crippen molar-refractivity contribution in [3.05, 3.63) is 59.9 Å². The van der Waals surface area contributed by atoms with Crippen molar-refractivity contribution in [3.63, 3.8) is 0 Å². The first-order chi connectivity index (χ1) is 9.22. The number of rotatable bonds is 5. The van der Waals surface area contributed by atoms with Gasteiger partial charge in [0.1, 0.15) is 5.82 Å². The number of hydrogen-bond acceptors (Lipinski definition) is 2. The minimum absolute atomic E-state index is 0.135. The molecule has 0 saturated heterocycles. The van der Waals surface area contributed by atoms with Crippen LogP contribution in [-0.4, -0.2) is 6.26 Å². The van der Waals surface area contributed by atoms with Gasteiger partial charge < -0.3 is 5.32 Å². The van der Waals surface area contributed by atoms with Crippen molar-refractivity contribution < 1.29 is 4.39 Å². The minimum atomic E-state index is -0.185. The summed E-state index contributed by atoms with van der Waals surface area (Å²) in [6.45, 7) is 2.10. The van der Waals surface area contributed by atoms with E-state index in [0.29, 0.717) is 0 Å². The molecule has 1 nitrogen and oxygen atoms in total. The van der Waals surface area contributed by atoms with Gasteiger partial charge in [-0.25, -0.2) is 4.39 Å². The maximum atomic E-state index is 13.3. The fourth-order valence-corrected chi connectivity index (χ4v) is 2.44. The van der Waals surface area contributed by atoms with Crippen molar-refractivity contribution in [3.8, 4) is 0 Å². The van der Waals surface area contributed by atoms with Crippen LogP contribution in [0.1, 0.15) is 24.9 Å². The van der Waals surface area contributed by atoms with Crippen LogP contribution in [0.3, 0.4) is 0 Å². The molecule has 0 heterocycles. The molecule has 1 atom stereocenters. The largest absolute Gasteiger partial charge is 0.378 e. The Bertz CT molecular complexity index is 525. The van der Waals surface area contributed by atoms with E-state index >= 15 is 0 Å². The zero-order valence-electron chi connectivity index (χ0n) is 11.2. The Morgan fingerprint density at radius 3 is 2.47 bits per heavy atom. The Morgan fingerprint density at radius 1 is 1.16 bits per heavy atom. The SMILES string of the molecule is CCC(Nc1ccc(SC)cc1)c1cccc(F)c1. The van der Waals surface area contributed by atoms with Crippen LogP contribution >= 0.6 is 11.8 Å². The zero-order valence-corrected chi connectivity index (χ0v) is 12.0. The second-order valence-corrected chi connectivity index (χ2v) is 5.27. The average Bonchev–Trinajstić information content (AvgIpc) is 2.45. The van der Waals surface area contributed by atoms with Crippen molar-refractivity contribution in [2.24, 2.45) is 0 Å². The number of benzene rings is 2. The third-order valence-electron chi connectivity index (χ3n) is 3.09. The number of thioether (sulfide) groups is 1. The van der Waals surface area contributed by atoms with Crippen molar-refractivity contribution in [2.75, 3.05) is 11.6 Å². The van der Waals surface area contributed by atoms with E-state index in [9.17, 15) is 4.39 Å². The van der Waals surface area contributed by atoms with Crippen LogP contribution < -0.4 is 5.32 Å². The third-order valence-corrected chi connectivity index (χ3v) is 3.83. The molecule has 100 valence electrons. The molecular formula is C16H18FNS. The minimum Gasteiger partial charge on any atom is -0.378 e. The molecular weight excluding hydrogens is 257 g/mol. The summed E-state index contributed by atoms with van der Waals surface area (Å²) in [5.74, 6) is -0.185. The van der Waals surface area contributed by atoms with Crippen LogP contribution in [0.15, 0.2) is 53.4 Å². The van der Waals surface area contributed by atoms with E-state index in [2.05, 4.69) is 42.8 Å². The molecule has 2 aromatic carbocycles. The van der Waals surface area contributed by atoms with Crippen molar-refractivity contribution in [1.82, 2.24) is 0 Å². The van der Waals surface area contributed by atoms with Gasteiger partial charge >= 0.3 is 0 Å². The summed E-state index contributed by atoms with van der Waals surface area (Å²) in [5, 5.41) is 3.45. The third kappa shape index (κ3) is 3.74. The maximum Gasteiger partial charge on any atom is 0.123 e. The molecule has 1 N–H and O–H groups in total. The Morgan fingerprint density at radius 2 is 1.89 bits per heavy atom. The van der Waals surface area contributed by atoms with Gasteiger partial charge in [0.05, 0.1) is 6.04 Å². The van der Waals surface area contributed by atoms with Crippen LogP contribution in [0.2, 0.25) is 0 Å². The second kappa shape index (κ2) is 6.62. The molecule has 0 aliphatic rings. The molecule has 0 bridgehead atoms. The van der Waals surface area contributed by atoms with E-state index < -0.39 is 0 Å². The van der Waals surface area contributed by atoms with Crippen molar-refractivity contribution >= 4 is 17.4 Å². The van der Waals surface area contributed by atoms with Gasteiger partial charge in [-0.1, -0.05) is 19.1 Å². The lowest BCUT2D eigenvalue weighted by Crippen LogP contribution is -2.09. The molecule has 0 radical (unpaired) electrons. The number of anilines is 1. The van der Waals surface area contributed by atoms with E-state index in [1.54, 1.807) is 23.9 Å². The molecule has 0 fully saturated rings. The molecule has 0 spiro atoms. The fraction of sp³-hybridized carbons (Fsp3) is 0.250. The molecule has 3 heteroatoms. The Labute approximate surface area is 118 Å². The first kappa shape index (κ1) is 13.9. The molecule has 0 amide bonds. The van der Waals surface area contributed by atoms with Crippen LogP contribution in [0, 0.1) is 5.82 Å². The normalized spacial score (nSPS) is 12.2. The molecule has 0 aliphatic heterocycles. The molecule has 2 aromatic rings. The van der Waals surface area contributed by atoms with Gasteiger partial charge in [-0.2, -0.15) is 0 Å². The van der Waals surface area contributed by atoms with E-state index in [4.69, 9.17) is 0 Å². The van der Waals surface area contributed by atoms with Gasteiger partial charge in [0.25, 0.3) is 0 Å². The first-order valence-electron chi connectivity index (χ1n) is 6.39. The van der Waals surface area contributed by atoms with Crippen LogP contribution in [-0.2, 0) is 0 Å². The average molecular weight is 275 g/mol. The highest BCUT2D eigenvalue weighted by molar-refractivity contribution is 7.98. The van der Waals surface area contributed by atoms with Crippen LogP contribution in [0.25, 0.3) is 0 Å². The predicted octanol–water partition coefficient (Wildman–Crippen LogP) is 5.11. The smallest absolute Gasteiger partial charge is 0.123 e. The lowest BCUT2D eigenvalue weighted by Gasteiger charge is -2.19. The standard InChI is InChI=1S/C16H18FNS/c1-3-16(12-5-4-6-13(17)11-12)18-14-7-9-15(19-2)10-8-14/h4-11,16,18H,3H2,1-2H3. The number of nitrogens with one attached hydrogen (secondary N) is 1. The summed E-state index contributed by atoms with van der Waals surface area (Å²) in [5.41, 5.74) is 2.05. The quantitative estimate of drug-likeness (QED) is 0.761. The van der Waals surface area contributed by atoms with E-state index in [-0.39, 0.29) is 11.9 Å². The van der Waals surface area contributed by atoms with Gasteiger partial charge in [-0.05, 0) is 54.6 Å². The molecule has 19 heavy (non-hydrogen) atoms. The Balaban J connectivity index is 2.14. The maximum absolute atomic E-state index is 13.3. The lowest BCUT2D eigenvalue weighted by molar-refractivity contribution is 0.621. The Kier molecular flexibility index (Phi) is 4.86. The summed E-state index contributed by atoms with van der Waals surface area (Å²) in [7, 11) is 0.